The largest absolute Gasteiger partial charge is 0.294 e. The summed E-state index contributed by atoms with van der Waals surface area (Å²) in [5, 5.41) is 12.5. The molecule has 1 heterocycles. The number of anilines is 1. The van der Waals surface area contributed by atoms with Gasteiger partial charge < -0.3 is 0 Å². The number of nitrogens with one attached hydrogen (secondary N) is 1. The van der Waals surface area contributed by atoms with E-state index in [0.717, 1.165) is 15.7 Å². The molecule has 0 aliphatic carbocycles. The molecule has 0 spiro atoms. The Labute approximate surface area is 156 Å². The van der Waals surface area contributed by atoms with Crippen LogP contribution < -0.4 is 5.32 Å². The molecule has 0 radical (unpaired) electrons. The second-order valence-electron chi connectivity index (χ2n) is 5.90. The SMILES string of the molecule is CCn1c(NC(=O)C(C)(C)CCl)nnc1SCc1ccccc1Cl. The number of carbonyl (C=O) groups excluding carboxylic acids is 1. The van der Waals surface area contributed by atoms with Gasteiger partial charge in [0, 0.05) is 23.2 Å². The summed E-state index contributed by atoms with van der Waals surface area (Å²) in [4.78, 5) is 12.3. The molecule has 1 N–H and O–H groups in total. The molecular weight excluding hydrogens is 367 g/mol. The third-order valence-corrected chi connectivity index (χ3v) is 5.57. The molecule has 0 saturated carbocycles. The highest BCUT2D eigenvalue weighted by Gasteiger charge is 2.28. The van der Waals surface area contributed by atoms with E-state index in [4.69, 9.17) is 23.2 Å². The molecule has 24 heavy (non-hydrogen) atoms. The lowest BCUT2D eigenvalue weighted by molar-refractivity contribution is -0.123. The van der Waals surface area contributed by atoms with E-state index in [-0.39, 0.29) is 11.8 Å². The first-order valence-electron chi connectivity index (χ1n) is 7.56. The Morgan fingerprint density at radius 2 is 2.04 bits per heavy atom. The summed E-state index contributed by atoms with van der Waals surface area (Å²) in [6, 6.07) is 7.69. The van der Waals surface area contributed by atoms with Gasteiger partial charge in [-0.1, -0.05) is 41.6 Å². The average molecular weight is 387 g/mol. The van der Waals surface area contributed by atoms with E-state index >= 15 is 0 Å². The van der Waals surface area contributed by atoms with Crippen molar-refractivity contribution >= 4 is 46.8 Å². The third-order valence-electron chi connectivity index (χ3n) is 3.52. The number of carbonyl (C=O) groups is 1. The highest BCUT2D eigenvalue weighted by molar-refractivity contribution is 7.98. The number of nitrogens with zero attached hydrogens (tertiary/aromatic N) is 3. The number of alkyl halides is 1. The van der Waals surface area contributed by atoms with Gasteiger partial charge in [0.2, 0.25) is 11.9 Å². The number of thioether (sulfide) groups is 1. The minimum absolute atomic E-state index is 0.178. The monoisotopic (exact) mass is 386 g/mol. The van der Waals surface area contributed by atoms with Gasteiger partial charge in [-0.2, -0.15) is 0 Å². The van der Waals surface area contributed by atoms with Crippen LogP contribution in [-0.2, 0) is 17.1 Å². The van der Waals surface area contributed by atoms with Crippen molar-refractivity contribution in [3.05, 3.63) is 34.9 Å². The van der Waals surface area contributed by atoms with Crippen LogP contribution in [0.2, 0.25) is 5.02 Å². The fourth-order valence-corrected chi connectivity index (χ4v) is 3.27. The predicted molar refractivity (Wildman–Crippen MR) is 99.8 cm³/mol. The smallest absolute Gasteiger partial charge is 0.233 e. The van der Waals surface area contributed by atoms with Crippen molar-refractivity contribution in [2.45, 2.75) is 38.2 Å². The van der Waals surface area contributed by atoms with Crippen molar-refractivity contribution in [1.82, 2.24) is 14.8 Å². The normalized spacial score (nSPS) is 11.5. The van der Waals surface area contributed by atoms with Crippen LogP contribution in [0.25, 0.3) is 0 Å². The van der Waals surface area contributed by atoms with Gasteiger partial charge in [-0.3, -0.25) is 14.7 Å². The summed E-state index contributed by atoms with van der Waals surface area (Å²) >= 11 is 13.6. The molecule has 0 saturated heterocycles. The molecule has 2 rings (SSSR count). The maximum atomic E-state index is 12.3. The van der Waals surface area contributed by atoms with Crippen molar-refractivity contribution in [3.8, 4) is 0 Å². The first-order chi connectivity index (χ1) is 11.4. The van der Waals surface area contributed by atoms with Crippen molar-refractivity contribution in [2.75, 3.05) is 11.2 Å². The first-order valence-corrected chi connectivity index (χ1v) is 9.45. The minimum Gasteiger partial charge on any atom is -0.294 e. The maximum Gasteiger partial charge on any atom is 0.233 e. The number of hydrogen-bond donors (Lipinski definition) is 1. The fraction of sp³-hybridized carbons (Fsp3) is 0.438. The van der Waals surface area contributed by atoms with E-state index in [0.29, 0.717) is 18.2 Å². The van der Waals surface area contributed by atoms with Gasteiger partial charge in [0.15, 0.2) is 5.16 Å². The number of hydrogen-bond acceptors (Lipinski definition) is 4. The van der Waals surface area contributed by atoms with Gasteiger partial charge in [0.05, 0.1) is 5.41 Å². The Hall–Kier alpha value is -1.24. The third kappa shape index (κ3) is 4.43. The molecule has 0 unspecified atom stereocenters. The predicted octanol–water partition coefficient (Wildman–Crippen LogP) is 4.45. The van der Waals surface area contributed by atoms with Gasteiger partial charge in [0.1, 0.15) is 0 Å². The molecule has 1 amide bonds. The Balaban J connectivity index is 2.12. The molecule has 0 aliphatic heterocycles. The summed E-state index contributed by atoms with van der Waals surface area (Å²) < 4.78 is 1.86. The fourth-order valence-electron chi connectivity index (χ4n) is 1.86. The average Bonchev–Trinajstić information content (AvgIpc) is 2.95. The molecule has 8 heteroatoms. The second kappa shape index (κ2) is 8.23. The standard InChI is InChI=1S/C16H20Cl2N4OS/c1-4-22-14(19-13(23)16(2,3)10-17)20-21-15(22)24-9-11-7-5-6-8-12(11)18/h5-8H,4,9-10H2,1-3H3,(H,19,20,23). The van der Waals surface area contributed by atoms with E-state index in [9.17, 15) is 4.79 Å². The number of amides is 1. The molecule has 1 aromatic carbocycles. The lowest BCUT2D eigenvalue weighted by Crippen LogP contribution is -2.33. The van der Waals surface area contributed by atoms with Crippen LogP contribution in [0, 0.1) is 5.41 Å². The first kappa shape index (κ1) is 19.1. The maximum absolute atomic E-state index is 12.3. The molecular formula is C16H20Cl2N4OS. The number of benzene rings is 1. The Morgan fingerprint density at radius 3 is 2.67 bits per heavy atom. The summed E-state index contributed by atoms with van der Waals surface area (Å²) in [7, 11) is 0. The van der Waals surface area contributed by atoms with Crippen molar-refractivity contribution in [3.63, 3.8) is 0 Å². The molecule has 0 atom stereocenters. The van der Waals surface area contributed by atoms with Gasteiger partial charge in [0.25, 0.3) is 0 Å². The molecule has 0 aliphatic rings. The zero-order chi connectivity index (χ0) is 17.7. The molecule has 1 aromatic heterocycles. The zero-order valence-corrected chi connectivity index (χ0v) is 16.2. The van der Waals surface area contributed by atoms with E-state index in [1.807, 2.05) is 35.8 Å². The Bertz CT molecular complexity index is 718. The topological polar surface area (TPSA) is 59.8 Å². The molecule has 130 valence electrons. The number of rotatable bonds is 7. The van der Waals surface area contributed by atoms with E-state index in [1.165, 1.54) is 11.8 Å². The summed E-state index contributed by atoms with van der Waals surface area (Å²) in [5.74, 6) is 1.16. The van der Waals surface area contributed by atoms with Gasteiger partial charge in [-0.15, -0.1) is 21.8 Å². The van der Waals surface area contributed by atoms with Crippen molar-refractivity contribution < 1.29 is 4.79 Å². The van der Waals surface area contributed by atoms with Gasteiger partial charge >= 0.3 is 0 Å². The van der Waals surface area contributed by atoms with Crippen LogP contribution in [0.5, 0.6) is 0 Å². The molecule has 0 bridgehead atoms. The minimum atomic E-state index is -0.670. The molecule has 5 nitrogen and oxygen atoms in total. The lowest BCUT2D eigenvalue weighted by Gasteiger charge is -2.20. The van der Waals surface area contributed by atoms with Crippen LogP contribution in [0.15, 0.2) is 29.4 Å². The molecule has 2 aromatic rings. The van der Waals surface area contributed by atoms with Crippen LogP contribution in [-0.4, -0.2) is 26.6 Å². The Morgan fingerprint density at radius 1 is 1.33 bits per heavy atom. The van der Waals surface area contributed by atoms with Crippen molar-refractivity contribution in [1.29, 1.82) is 0 Å². The van der Waals surface area contributed by atoms with Crippen LogP contribution in [0.1, 0.15) is 26.3 Å². The number of halogens is 2. The zero-order valence-electron chi connectivity index (χ0n) is 13.8. The van der Waals surface area contributed by atoms with Crippen LogP contribution in [0.4, 0.5) is 5.95 Å². The van der Waals surface area contributed by atoms with E-state index in [2.05, 4.69) is 15.5 Å². The van der Waals surface area contributed by atoms with Crippen LogP contribution in [0.3, 0.4) is 0 Å². The van der Waals surface area contributed by atoms with Crippen LogP contribution >= 0.6 is 35.0 Å². The second-order valence-corrected chi connectivity index (χ2v) is 7.52. The van der Waals surface area contributed by atoms with E-state index < -0.39 is 5.41 Å². The quantitative estimate of drug-likeness (QED) is 0.563. The van der Waals surface area contributed by atoms with E-state index in [1.54, 1.807) is 13.8 Å². The number of aromatic nitrogens is 3. The highest BCUT2D eigenvalue weighted by atomic mass is 35.5. The molecule has 0 fully saturated rings. The lowest BCUT2D eigenvalue weighted by atomic mass is 9.95. The van der Waals surface area contributed by atoms with Crippen molar-refractivity contribution in [2.24, 2.45) is 5.41 Å². The summed E-state index contributed by atoms with van der Waals surface area (Å²) in [6.45, 7) is 6.20. The summed E-state index contributed by atoms with van der Waals surface area (Å²) in [5.41, 5.74) is 0.361. The Kier molecular flexibility index (Phi) is 6.54. The van der Waals surface area contributed by atoms with Gasteiger partial charge in [-0.25, -0.2) is 0 Å². The summed E-state index contributed by atoms with van der Waals surface area (Å²) in [6.07, 6.45) is 0. The highest BCUT2D eigenvalue weighted by Crippen LogP contribution is 2.27. The van der Waals surface area contributed by atoms with Gasteiger partial charge in [-0.05, 0) is 32.4 Å².